The Morgan fingerprint density at radius 2 is 1.54 bits per heavy atom. The van der Waals surface area contributed by atoms with E-state index in [0.717, 1.165) is 16.0 Å². The first kappa shape index (κ1) is 29.5. The maximum Gasteiger partial charge on any atom is 0.320 e. The van der Waals surface area contributed by atoms with Gasteiger partial charge in [-0.2, -0.15) is 0 Å². The Balaban J connectivity index is 1.22. The summed E-state index contributed by atoms with van der Waals surface area (Å²) >= 11 is 0. The Morgan fingerprint density at radius 1 is 0.878 bits per heavy atom. The second-order valence-electron chi connectivity index (χ2n) is 10.2. The Kier molecular flexibility index (Phi) is 10.2. The third-order valence-electron chi connectivity index (χ3n) is 7.02. The third-order valence-corrected chi connectivity index (χ3v) is 7.02. The molecule has 0 aromatic heterocycles. The van der Waals surface area contributed by atoms with Gasteiger partial charge in [0.05, 0.1) is 11.1 Å². The highest BCUT2D eigenvalue weighted by Gasteiger charge is 2.36. The van der Waals surface area contributed by atoms with E-state index >= 15 is 0 Å². The summed E-state index contributed by atoms with van der Waals surface area (Å²) in [5.41, 5.74) is 2.53. The molecule has 0 bridgehead atoms. The van der Waals surface area contributed by atoms with E-state index in [9.17, 15) is 24.3 Å². The van der Waals surface area contributed by atoms with Crippen molar-refractivity contribution in [2.75, 3.05) is 13.1 Å². The van der Waals surface area contributed by atoms with Gasteiger partial charge in [0.2, 0.25) is 5.91 Å². The summed E-state index contributed by atoms with van der Waals surface area (Å²) in [7, 11) is 0. The van der Waals surface area contributed by atoms with Crippen LogP contribution in [-0.2, 0) is 22.7 Å². The summed E-state index contributed by atoms with van der Waals surface area (Å²) in [6.07, 6.45) is 0.990. The van der Waals surface area contributed by atoms with Gasteiger partial charge in [-0.25, -0.2) is 0 Å². The highest BCUT2D eigenvalue weighted by molar-refractivity contribution is 6.21. The maximum atomic E-state index is 13.0. The average molecular weight is 558 g/mol. The van der Waals surface area contributed by atoms with Gasteiger partial charge in [0.15, 0.2) is 0 Å². The molecule has 9 nitrogen and oxygen atoms in total. The molecule has 0 saturated heterocycles. The standard InChI is InChI=1S/C32H35N3O6/c1-22(18-29(36)34-20-23-8-4-2-5-9-23)14-16-33-28(32(39)40)15-17-35-30(37)26-13-12-25(19-27(26)31(35)38)41-21-24-10-6-3-7-11-24/h2-13,19,22,28,33H,14-18,20-21H2,1H3,(H,34,36)(H,39,40)/t22-,28+/m0/s1. The van der Waals surface area contributed by atoms with Crippen LogP contribution in [0, 0.1) is 5.92 Å². The van der Waals surface area contributed by atoms with Crippen molar-refractivity contribution >= 4 is 23.7 Å². The fraction of sp³-hybridized carbons (Fsp3) is 0.312. The van der Waals surface area contributed by atoms with Crippen LogP contribution in [0.1, 0.15) is 58.0 Å². The summed E-state index contributed by atoms with van der Waals surface area (Å²) in [6.45, 7) is 3.08. The number of aliphatic carboxylic acids is 1. The lowest BCUT2D eigenvalue weighted by Crippen LogP contribution is -2.42. The number of benzene rings is 3. The van der Waals surface area contributed by atoms with Crippen molar-refractivity contribution in [1.29, 1.82) is 0 Å². The summed E-state index contributed by atoms with van der Waals surface area (Å²) in [6, 6.07) is 23.1. The van der Waals surface area contributed by atoms with E-state index in [-0.39, 0.29) is 35.9 Å². The zero-order valence-electron chi connectivity index (χ0n) is 23.0. The molecule has 2 atom stereocenters. The molecule has 9 heteroatoms. The van der Waals surface area contributed by atoms with Crippen molar-refractivity contribution in [3.05, 3.63) is 101 Å². The summed E-state index contributed by atoms with van der Waals surface area (Å²) in [5.74, 6) is -1.51. The highest BCUT2D eigenvalue weighted by Crippen LogP contribution is 2.27. The minimum atomic E-state index is -1.06. The molecule has 41 heavy (non-hydrogen) atoms. The van der Waals surface area contributed by atoms with Crippen LogP contribution in [0.2, 0.25) is 0 Å². The number of carbonyl (C=O) groups is 4. The molecule has 0 unspecified atom stereocenters. The largest absolute Gasteiger partial charge is 0.489 e. The first-order valence-corrected chi connectivity index (χ1v) is 13.8. The monoisotopic (exact) mass is 557 g/mol. The molecule has 3 amide bonds. The Morgan fingerprint density at radius 3 is 2.22 bits per heavy atom. The van der Waals surface area contributed by atoms with Gasteiger partial charge < -0.3 is 20.5 Å². The van der Waals surface area contributed by atoms with Crippen molar-refractivity contribution < 1.29 is 29.0 Å². The molecule has 0 radical (unpaired) electrons. The van der Waals surface area contributed by atoms with Gasteiger partial charge >= 0.3 is 5.97 Å². The predicted molar refractivity (Wildman–Crippen MR) is 153 cm³/mol. The Bertz CT molecular complexity index is 1360. The number of nitrogens with zero attached hydrogens (tertiary/aromatic N) is 1. The highest BCUT2D eigenvalue weighted by atomic mass is 16.5. The molecule has 3 N–H and O–H groups in total. The molecular weight excluding hydrogens is 522 g/mol. The lowest BCUT2D eigenvalue weighted by molar-refractivity contribution is -0.139. The van der Waals surface area contributed by atoms with Crippen molar-refractivity contribution in [2.45, 2.75) is 45.4 Å². The topological polar surface area (TPSA) is 125 Å². The van der Waals surface area contributed by atoms with Crippen LogP contribution in [0.4, 0.5) is 0 Å². The number of fused-ring (bicyclic) bond motifs is 1. The quantitative estimate of drug-likeness (QED) is 0.241. The van der Waals surface area contributed by atoms with Gasteiger partial charge in [-0.3, -0.25) is 24.1 Å². The fourth-order valence-corrected chi connectivity index (χ4v) is 4.67. The smallest absolute Gasteiger partial charge is 0.320 e. The molecule has 3 aromatic carbocycles. The fourth-order valence-electron chi connectivity index (χ4n) is 4.67. The molecule has 0 fully saturated rings. The van der Waals surface area contributed by atoms with Crippen LogP contribution in [-0.4, -0.2) is 52.8 Å². The predicted octanol–water partition coefficient (Wildman–Crippen LogP) is 4.03. The molecular formula is C32H35N3O6. The van der Waals surface area contributed by atoms with Crippen molar-refractivity contribution in [2.24, 2.45) is 5.92 Å². The molecule has 0 aliphatic carbocycles. The number of amides is 3. The lowest BCUT2D eigenvalue weighted by Gasteiger charge is -2.19. The third kappa shape index (κ3) is 8.25. The number of carboxylic acid groups (broad SMARTS) is 1. The van der Waals surface area contributed by atoms with Crippen LogP contribution < -0.4 is 15.4 Å². The van der Waals surface area contributed by atoms with Crippen LogP contribution in [0.15, 0.2) is 78.9 Å². The number of hydrogen-bond acceptors (Lipinski definition) is 6. The van der Waals surface area contributed by atoms with Gasteiger partial charge in [-0.1, -0.05) is 67.6 Å². The van der Waals surface area contributed by atoms with Crippen LogP contribution >= 0.6 is 0 Å². The van der Waals surface area contributed by atoms with Crippen molar-refractivity contribution in [3.8, 4) is 5.75 Å². The number of rotatable bonds is 15. The molecule has 0 saturated carbocycles. The minimum Gasteiger partial charge on any atom is -0.489 e. The van der Waals surface area contributed by atoms with Gasteiger partial charge in [0.25, 0.3) is 11.8 Å². The molecule has 3 aromatic rings. The average Bonchev–Trinajstić information content (AvgIpc) is 3.21. The summed E-state index contributed by atoms with van der Waals surface area (Å²) in [5, 5.41) is 15.6. The maximum absolute atomic E-state index is 13.0. The van der Waals surface area contributed by atoms with Crippen LogP contribution in [0.5, 0.6) is 5.75 Å². The molecule has 0 spiro atoms. The van der Waals surface area contributed by atoms with Gasteiger partial charge in [-0.15, -0.1) is 0 Å². The molecule has 1 heterocycles. The molecule has 1 aliphatic rings. The zero-order valence-corrected chi connectivity index (χ0v) is 23.0. The second kappa shape index (κ2) is 14.2. The van der Waals surface area contributed by atoms with Crippen LogP contribution in [0.3, 0.4) is 0 Å². The molecule has 4 rings (SSSR count). The summed E-state index contributed by atoms with van der Waals surface area (Å²) < 4.78 is 5.79. The number of imide groups is 1. The Labute approximate surface area is 239 Å². The van der Waals surface area contributed by atoms with E-state index in [1.165, 1.54) is 0 Å². The van der Waals surface area contributed by atoms with E-state index in [1.54, 1.807) is 18.2 Å². The normalized spacial score (nSPS) is 13.9. The number of hydrogen-bond donors (Lipinski definition) is 3. The summed E-state index contributed by atoms with van der Waals surface area (Å²) in [4.78, 5) is 51.1. The van der Waals surface area contributed by atoms with E-state index in [4.69, 9.17) is 4.74 Å². The first-order valence-electron chi connectivity index (χ1n) is 13.8. The van der Waals surface area contributed by atoms with Crippen molar-refractivity contribution in [1.82, 2.24) is 15.5 Å². The number of ether oxygens (including phenoxy) is 1. The Hall–Kier alpha value is -4.50. The van der Waals surface area contributed by atoms with Gasteiger partial charge in [0, 0.05) is 19.5 Å². The zero-order chi connectivity index (χ0) is 29.2. The van der Waals surface area contributed by atoms with Gasteiger partial charge in [-0.05, 0) is 54.6 Å². The van der Waals surface area contributed by atoms with E-state index in [1.807, 2.05) is 67.6 Å². The second-order valence-corrected chi connectivity index (χ2v) is 10.2. The number of nitrogens with one attached hydrogen (secondary N) is 2. The molecule has 214 valence electrons. The first-order chi connectivity index (χ1) is 19.8. The lowest BCUT2D eigenvalue weighted by atomic mass is 10.0. The van der Waals surface area contributed by atoms with E-state index in [0.29, 0.717) is 38.3 Å². The molecule has 1 aliphatic heterocycles. The van der Waals surface area contributed by atoms with Crippen molar-refractivity contribution in [3.63, 3.8) is 0 Å². The van der Waals surface area contributed by atoms with E-state index < -0.39 is 23.8 Å². The SMILES string of the molecule is C[C@@H](CCN[C@H](CCN1C(=O)c2ccc(OCc3ccccc3)cc2C1=O)C(=O)O)CC(=O)NCc1ccccc1. The minimum absolute atomic E-state index is 0.0338. The van der Waals surface area contributed by atoms with Crippen LogP contribution in [0.25, 0.3) is 0 Å². The van der Waals surface area contributed by atoms with E-state index in [2.05, 4.69) is 10.6 Å². The van der Waals surface area contributed by atoms with Gasteiger partial charge in [0.1, 0.15) is 18.4 Å². The number of carboxylic acids is 1. The number of carbonyl (C=O) groups excluding carboxylic acids is 3.